The summed E-state index contributed by atoms with van der Waals surface area (Å²) in [4.78, 5) is 2.58. The lowest BCUT2D eigenvalue weighted by Gasteiger charge is -2.32. The molecule has 0 amide bonds. The van der Waals surface area contributed by atoms with Crippen LogP contribution in [0.2, 0.25) is 0 Å². The maximum atomic E-state index is 13.5. The van der Waals surface area contributed by atoms with Crippen LogP contribution in [0.1, 0.15) is 25.7 Å². The summed E-state index contributed by atoms with van der Waals surface area (Å²) >= 11 is 0. The average Bonchev–Trinajstić information content (AvgIpc) is 2.87. The lowest BCUT2D eigenvalue weighted by molar-refractivity contribution is 0.209. The summed E-state index contributed by atoms with van der Waals surface area (Å²) in [6.45, 7) is 3.33. The molecule has 2 saturated heterocycles. The predicted molar refractivity (Wildman–Crippen MR) is 67.7 cm³/mol. The van der Waals surface area contributed by atoms with Crippen molar-refractivity contribution in [2.75, 3.05) is 25.0 Å². The Morgan fingerprint density at radius 1 is 1.18 bits per heavy atom. The third-order valence-corrected chi connectivity index (χ3v) is 4.29. The van der Waals surface area contributed by atoms with Gasteiger partial charge in [-0.2, -0.15) is 0 Å². The minimum Gasteiger partial charge on any atom is -0.381 e. The zero-order chi connectivity index (χ0) is 11.7. The van der Waals surface area contributed by atoms with Crippen molar-refractivity contribution in [3.8, 4) is 0 Å². The quantitative estimate of drug-likeness (QED) is 0.865. The van der Waals surface area contributed by atoms with Crippen molar-refractivity contribution in [1.29, 1.82) is 0 Å². The number of benzene rings is 1. The molecule has 0 atom stereocenters. The highest BCUT2D eigenvalue weighted by atomic mass is 19.1. The van der Waals surface area contributed by atoms with Gasteiger partial charge in [0, 0.05) is 12.1 Å². The smallest absolute Gasteiger partial charge is 0.146 e. The molecular formula is C14H19FN2. The van der Waals surface area contributed by atoms with Gasteiger partial charge >= 0.3 is 0 Å². The number of halogens is 1. The molecular weight excluding hydrogens is 215 g/mol. The van der Waals surface area contributed by atoms with Crippen LogP contribution in [0.4, 0.5) is 10.1 Å². The maximum Gasteiger partial charge on any atom is 0.146 e. The second kappa shape index (κ2) is 4.30. The molecule has 2 aliphatic rings. The first-order chi connectivity index (χ1) is 8.30. The molecule has 2 nitrogen and oxygen atoms in total. The Bertz CT molecular complexity index is 395. The van der Waals surface area contributed by atoms with Crippen LogP contribution in [0.15, 0.2) is 24.3 Å². The highest BCUT2D eigenvalue weighted by Gasteiger charge is 2.43. The van der Waals surface area contributed by atoms with Gasteiger partial charge in [0.2, 0.25) is 0 Å². The highest BCUT2D eigenvalue weighted by molar-refractivity contribution is 5.44. The Hall–Kier alpha value is -1.09. The summed E-state index contributed by atoms with van der Waals surface area (Å²) in [6, 6.07) is 6.95. The molecule has 3 heteroatoms. The van der Waals surface area contributed by atoms with E-state index >= 15 is 0 Å². The van der Waals surface area contributed by atoms with Gasteiger partial charge in [0.05, 0.1) is 5.69 Å². The molecule has 3 rings (SSSR count). The van der Waals surface area contributed by atoms with Gasteiger partial charge < -0.3 is 5.32 Å². The van der Waals surface area contributed by atoms with E-state index in [9.17, 15) is 4.39 Å². The summed E-state index contributed by atoms with van der Waals surface area (Å²) in [5.74, 6) is -0.147. The minimum absolute atomic E-state index is 0.147. The van der Waals surface area contributed by atoms with Gasteiger partial charge in [-0.15, -0.1) is 0 Å². The first kappa shape index (κ1) is 11.0. The average molecular weight is 234 g/mol. The molecule has 1 aromatic carbocycles. The van der Waals surface area contributed by atoms with Crippen molar-refractivity contribution in [3.63, 3.8) is 0 Å². The third kappa shape index (κ3) is 1.93. The normalized spacial score (nSPS) is 22.6. The fourth-order valence-electron chi connectivity index (χ4n) is 3.38. The molecule has 0 spiro atoms. The Kier molecular flexibility index (Phi) is 2.79. The summed E-state index contributed by atoms with van der Waals surface area (Å²) in [5, 5.41) is 3.30. The Morgan fingerprint density at radius 2 is 1.88 bits per heavy atom. The van der Waals surface area contributed by atoms with Crippen LogP contribution in [0, 0.1) is 5.82 Å². The molecule has 92 valence electrons. The predicted octanol–water partition coefficient (Wildman–Crippen LogP) is 2.87. The third-order valence-electron chi connectivity index (χ3n) is 4.29. The number of hydrogen-bond donors (Lipinski definition) is 1. The van der Waals surface area contributed by atoms with Crippen molar-refractivity contribution in [3.05, 3.63) is 30.1 Å². The maximum absolute atomic E-state index is 13.5. The van der Waals surface area contributed by atoms with Gasteiger partial charge in [-0.3, -0.25) is 4.90 Å². The van der Waals surface area contributed by atoms with Gasteiger partial charge in [0.1, 0.15) is 5.82 Å². The molecule has 2 heterocycles. The van der Waals surface area contributed by atoms with E-state index in [0.29, 0.717) is 11.2 Å². The largest absolute Gasteiger partial charge is 0.381 e. The van der Waals surface area contributed by atoms with Crippen LogP contribution < -0.4 is 5.32 Å². The van der Waals surface area contributed by atoms with Gasteiger partial charge in [-0.25, -0.2) is 4.39 Å². The molecule has 0 radical (unpaired) electrons. The van der Waals surface area contributed by atoms with Crippen LogP contribution in [0.5, 0.6) is 0 Å². The van der Waals surface area contributed by atoms with Gasteiger partial charge in [-0.05, 0) is 50.9 Å². The summed E-state index contributed by atoms with van der Waals surface area (Å²) in [6.07, 6.45) is 5.10. The molecule has 2 aliphatic heterocycles. The molecule has 0 unspecified atom stereocenters. The van der Waals surface area contributed by atoms with Crippen LogP contribution in [-0.4, -0.2) is 30.1 Å². The molecule has 17 heavy (non-hydrogen) atoms. The number of rotatable bonds is 3. The van der Waals surface area contributed by atoms with Crippen LogP contribution in [0.25, 0.3) is 0 Å². The van der Waals surface area contributed by atoms with Crippen LogP contribution in [0.3, 0.4) is 0 Å². The molecule has 0 aliphatic carbocycles. The van der Waals surface area contributed by atoms with E-state index in [2.05, 4.69) is 10.2 Å². The zero-order valence-electron chi connectivity index (χ0n) is 10.1. The van der Waals surface area contributed by atoms with Gasteiger partial charge in [-0.1, -0.05) is 12.1 Å². The van der Waals surface area contributed by atoms with Crippen molar-refractivity contribution >= 4 is 5.69 Å². The second-order valence-electron chi connectivity index (χ2n) is 5.25. The fourth-order valence-corrected chi connectivity index (χ4v) is 3.38. The Morgan fingerprint density at radius 3 is 2.59 bits per heavy atom. The monoisotopic (exact) mass is 234 g/mol. The lowest BCUT2D eigenvalue weighted by atomic mass is 9.94. The Balaban J connectivity index is 1.70. The summed E-state index contributed by atoms with van der Waals surface area (Å²) in [5.41, 5.74) is 0.947. The van der Waals surface area contributed by atoms with Gasteiger partial charge in [0.15, 0.2) is 0 Å². The molecule has 1 N–H and O–H groups in total. The molecule has 0 saturated carbocycles. The molecule has 0 bridgehead atoms. The van der Waals surface area contributed by atoms with E-state index in [1.807, 2.05) is 12.1 Å². The number of fused-ring (bicyclic) bond motifs is 1. The van der Waals surface area contributed by atoms with Crippen LogP contribution in [-0.2, 0) is 0 Å². The van der Waals surface area contributed by atoms with Crippen molar-refractivity contribution in [1.82, 2.24) is 4.90 Å². The standard InChI is InChI=1S/C14H19FN2/c15-12-5-1-2-6-13(12)16-11-14-7-3-9-17(14)10-4-8-14/h1-2,5-6,16H,3-4,7-11H2. The van der Waals surface area contributed by atoms with E-state index in [1.54, 1.807) is 6.07 Å². The Labute approximate surface area is 102 Å². The molecule has 2 fully saturated rings. The second-order valence-corrected chi connectivity index (χ2v) is 5.25. The number of anilines is 1. The first-order valence-corrected chi connectivity index (χ1v) is 6.54. The van der Waals surface area contributed by atoms with E-state index in [4.69, 9.17) is 0 Å². The van der Waals surface area contributed by atoms with E-state index in [1.165, 1.54) is 44.8 Å². The number of nitrogens with one attached hydrogen (secondary N) is 1. The number of hydrogen-bond acceptors (Lipinski definition) is 2. The van der Waals surface area contributed by atoms with E-state index in [-0.39, 0.29) is 5.82 Å². The zero-order valence-corrected chi connectivity index (χ0v) is 10.1. The van der Waals surface area contributed by atoms with Crippen molar-refractivity contribution in [2.24, 2.45) is 0 Å². The van der Waals surface area contributed by atoms with Crippen molar-refractivity contribution in [2.45, 2.75) is 31.2 Å². The van der Waals surface area contributed by atoms with Gasteiger partial charge in [0.25, 0.3) is 0 Å². The lowest BCUT2D eigenvalue weighted by Crippen LogP contribution is -2.44. The number of para-hydroxylation sites is 1. The van der Waals surface area contributed by atoms with Crippen molar-refractivity contribution < 1.29 is 4.39 Å². The number of nitrogens with zero attached hydrogens (tertiary/aromatic N) is 1. The first-order valence-electron chi connectivity index (χ1n) is 6.54. The van der Waals surface area contributed by atoms with Crippen LogP contribution >= 0.6 is 0 Å². The van der Waals surface area contributed by atoms with E-state index < -0.39 is 0 Å². The molecule has 1 aromatic rings. The topological polar surface area (TPSA) is 15.3 Å². The SMILES string of the molecule is Fc1ccccc1NCC12CCCN1CCC2. The highest BCUT2D eigenvalue weighted by Crippen LogP contribution is 2.38. The van der Waals surface area contributed by atoms with E-state index in [0.717, 1.165) is 6.54 Å². The molecule has 0 aromatic heterocycles. The minimum atomic E-state index is -0.147. The summed E-state index contributed by atoms with van der Waals surface area (Å²) < 4.78 is 13.5. The fraction of sp³-hybridized carbons (Fsp3) is 0.571. The summed E-state index contributed by atoms with van der Waals surface area (Å²) in [7, 11) is 0.